The highest BCUT2D eigenvalue weighted by Gasteiger charge is 2.18. The standard InChI is InChI=1S/C17H21NO3S/c1-12(19)10-14(13-6-4-3-5-7-13)11-18-17(20)16-15(21-2)8-9-22-16/h3-9,12,14,19H,10-11H2,1-2H3,(H,18,20)/t12-,14+/m0/s1. The number of hydrogen-bond acceptors (Lipinski definition) is 4. The van der Waals surface area contributed by atoms with Crippen molar-refractivity contribution in [3.8, 4) is 5.75 Å². The van der Waals surface area contributed by atoms with E-state index in [9.17, 15) is 9.90 Å². The predicted molar refractivity (Wildman–Crippen MR) is 88.7 cm³/mol. The zero-order chi connectivity index (χ0) is 15.9. The van der Waals surface area contributed by atoms with Crippen LogP contribution in [0.2, 0.25) is 0 Å². The van der Waals surface area contributed by atoms with Crippen LogP contribution in [0.1, 0.15) is 34.5 Å². The average molecular weight is 319 g/mol. The highest BCUT2D eigenvalue weighted by molar-refractivity contribution is 7.12. The van der Waals surface area contributed by atoms with Crippen molar-refractivity contribution in [1.82, 2.24) is 5.32 Å². The Morgan fingerprint density at radius 3 is 2.68 bits per heavy atom. The van der Waals surface area contributed by atoms with Gasteiger partial charge in [-0.05, 0) is 30.4 Å². The van der Waals surface area contributed by atoms with Crippen molar-refractivity contribution in [2.24, 2.45) is 0 Å². The number of ether oxygens (including phenoxy) is 1. The molecular weight excluding hydrogens is 298 g/mol. The number of rotatable bonds is 7. The molecule has 2 aromatic rings. The molecule has 1 amide bonds. The van der Waals surface area contributed by atoms with E-state index in [1.165, 1.54) is 11.3 Å². The minimum Gasteiger partial charge on any atom is -0.495 e. The largest absolute Gasteiger partial charge is 0.495 e. The summed E-state index contributed by atoms with van der Waals surface area (Å²) in [6.45, 7) is 2.24. The van der Waals surface area contributed by atoms with Gasteiger partial charge < -0.3 is 15.2 Å². The maximum absolute atomic E-state index is 12.3. The SMILES string of the molecule is COc1ccsc1C(=O)NC[C@@H](C[C@H](C)O)c1ccccc1. The van der Waals surface area contributed by atoms with E-state index in [4.69, 9.17) is 4.74 Å². The van der Waals surface area contributed by atoms with Gasteiger partial charge in [0.25, 0.3) is 5.91 Å². The zero-order valence-electron chi connectivity index (χ0n) is 12.8. The second-order valence-electron chi connectivity index (χ2n) is 5.22. The fraction of sp³-hybridized carbons (Fsp3) is 0.353. The lowest BCUT2D eigenvalue weighted by Crippen LogP contribution is -2.29. The van der Waals surface area contributed by atoms with Gasteiger partial charge in [-0.2, -0.15) is 0 Å². The maximum atomic E-state index is 12.3. The van der Waals surface area contributed by atoms with Gasteiger partial charge >= 0.3 is 0 Å². The first-order chi connectivity index (χ1) is 10.6. The Hall–Kier alpha value is -1.85. The minimum atomic E-state index is -0.418. The molecule has 0 radical (unpaired) electrons. The molecular formula is C17H21NO3S. The first-order valence-electron chi connectivity index (χ1n) is 7.24. The van der Waals surface area contributed by atoms with Crippen LogP contribution in [-0.2, 0) is 0 Å². The summed E-state index contributed by atoms with van der Waals surface area (Å²) >= 11 is 1.36. The van der Waals surface area contributed by atoms with E-state index in [1.54, 1.807) is 20.1 Å². The summed E-state index contributed by atoms with van der Waals surface area (Å²) in [5.41, 5.74) is 1.11. The second kappa shape index (κ2) is 7.96. The van der Waals surface area contributed by atoms with Gasteiger partial charge in [0.05, 0.1) is 13.2 Å². The molecule has 1 aromatic heterocycles. The zero-order valence-corrected chi connectivity index (χ0v) is 13.6. The summed E-state index contributed by atoms with van der Waals surface area (Å²) in [6.07, 6.45) is 0.185. The molecule has 2 atom stereocenters. The molecule has 0 saturated heterocycles. The number of carbonyl (C=O) groups is 1. The minimum absolute atomic E-state index is 0.0797. The quantitative estimate of drug-likeness (QED) is 0.824. The molecule has 1 aromatic carbocycles. The van der Waals surface area contributed by atoms with Crippen LogP contribution in [0.5, 0.6) is 5.75 Å². The molecule has 4 nitrogen and oxygen atoms in total. The number of aliphatic hydroxyl groups is 1. The molecule has 0 aliphatic rings. The molecule has 5 heteroatoms. The van der Waals surface area contributed by atoms with Crippen molar-refractivity contribution < 1.29 is 14.6 Å². The Balaban J connectivity index is 2.04. The number of methoxy groups -OCH3 is 1. The Labute approximate surface area is 134 Å². The lowest BCUT2D eigenvalue weighted by atomic mass is 9.93. The van der Waals surface area contributed by atoms with Gasteiger partial charge in [0.2, 0.25) is 0 Å². The van der Waals surface area contributed by atoms with Crippen LogP contribution in [0.25, 0.3) is 0 Å². The number of benzene rings is 1. The molecule has 22 heavy (non-hydrogen) atoms. The van der Waals surface area contributed by atoms with Gasteiger partial charge in [0, 0.05) is 12.5 Å². The van der Waals surface area contributed by atoms with Crippen molar-refractivity contribution in [1.29, 1.82) is 0 Å². The summed E-state index contributed by atoms with van der Waals surface area (Å²) in [6, 6.07) is 11.7. The van der Waals surface area contributed by atoms with Gasteiger partial charge in [0.15, 0.2) is 0 Å². The summed E-state index contributed by atoms with van der Waals surface area (Å²) in [5.74, 6) is 0.531. The molecule has 0 spiro atoms. The number of amides is 1. The lowest BCUT2D eigenvalue weighted by Gasteiger charge is -2.19. The average Bonchev–Trinajstić information content (AvgIpc) is 3.00. The van der Waals surface area contributed by atoms with Gasteiger partial charge in [-0.3, -0.25) is 4.79 Å². The highest BCUT2D eigenvalue weighted by atomic mass is 32.1. The third-order valence-electron chi connectivity index (χ3n) is 3.46. The van der Waals surface area contributed by atoms with Gasteiger partial charge in [-0.1, -0.05) is 30.3 Å². The number of nitrogens with one attached hydrogen (secondary N) is 1. The number of hydrogen-bond donors (Lipinski definition) is 2. The smallest absolute Gasteiger partial charge is 0.265 e. The van der Waals surface area contributed by atoms with Gasteiger partial charge in [-0.25, -0.2) is 0 Å². The van der Waals surface area contributed by atoms with Crippen LogP contribution >= 0.6 is 11.3 Å². The van der Waals surface area contributed by atoms with Crippen LogP contribution in [0.3, 0.4) is 0 Å². The first-order valence-corrected chi connectivity index (χ1v) is 8.12. The topological polar surface area (TPSA) is 58.6 Å². The molecule has 2 N–H and O–H groups in total. The third kappa shape index (κ3) is 4.32. The summed E-state index contributed by atoms with van der Waals surface area (Å²) in [7, 11) is 1.55. The highest BCUT2D eigenvalue weighted by Crippen LogP contribution is 2.25. The van der Waals surface area contributed by atoms with Gasteiger partial charge in [-0.15, -0.1) is 11.3 Å². The summed E-state index contributed by atoms with van der Waals surface area (Å²) in [4.78, 5) is 12.8. The van der Waals surface area contributed by atoms with E-state index >= 15 is 0 Å². The molecule has 0 aliphatic heterocycles. The number of carbonyl (C=O) groups excluding carboxylic acids is 1. The van der Waals surface area contributed by atoms with Crippen LogP contribution in [0.4, 0.5) is 0 Å². The fourth-order valence-corrected chi connectivity index (χ4v) is 3.17. The molecule has 118 valence electrons. The Kier molecular flexibility index (Phi) is 5.98. The first kappa shape index (κ1) is 16.5. The van der Waals surface area contributed by atoms with Crippen molar-refractivity contribution in [2.45, 2.75) is 25.4 Å². The molecule has 0 saturated carbocycles. The molecule has 0 aliphatic carbocycles. The normalized spacial score (nSPS) is 13.4. The predicted octanol–water partition coefficient (Wildman–Crippen LogP) is 3.04. The van der Waals surface area contributed by atoms with Crippen molar-refractivity contribution in [3.05, 3.63) is 52.2 Å². The van der Waals surface area contributed by atoms with E-state index in [1.807, 2.05) is 35.7 Å². The van der Waals surface area contributed by atoms with E-state index in [-0.39, 0.29) is 11.8 Å². The van der Waals surface area contributed by atoms with Crippen LogP contribution in [-0.4, -0.2) is 30.8 Å². The number of thiophene rings is 1. The van der Waals surface area contributed by atoms with Gasteiger partial charge in [0.1, 0.15) is 10.6 Å². The summed E-state index contributed by atoms with van der Waals surface area (Å²) < 4.78 is 5.17. The molecule has 0 unspecified atom stereocenters. The lowest BCUT2D eigenvalue weighted by molar-refractivity contribution is 0.0947. The van der Waals surface area contributed by atoms with Crippen LogP contribution in [0.15, 0.2) is 41.8 Å². The fourth-order valence-electron chi connectivity index (χ4n) is 2.39. The Morgan fingerprint density at radius 1 is 1.32 bits per heavy atom. The van der Waals surface area contributed by atoms with Crippen LogP contribution < -0.4 is 10.1 Å². The van der Waals surface area contributed by atoms with Crippen LogP contribution in [0, 0.1) is 0 Å². The second-order valence-corrected chi connectivity index (χ2v) is 6.14. The van der Waals surface area contributed by atoms with E-state index < -0.39 is 6.10 Å². The van der Waals surface area contributed by atoms with E-state index in [2.05, 4.69) is 5.32 Å². The monoisotopic (exact) mass is 319 g/mol. The molecule has 2 rings (SSSR count). The third-order valence-corrected chi connectivity index (χ3v) is 4.36. The number of aliphatic hydroxyl groups excluding tert-OH is 1. The van der Waals surface area contributed by atoms with Crippen molar-refractivity contribution >= 4 is 17.2 Å². The Morgan fingerprint density at radius 2 is 2.05 bits per heavy atom. The maximum Gasteiger partial charge on any atom is 0.265 e. The molecule has 1 heterocycles. The molecule has 0 bridgehead atoms. The van der Waals surface area contributed by atoms with Crippen molar-refractivity contribution in [3.63, 3.8) is 0 Å². The van der Waals surface area contributed by atoms with E-state index in [0.29, 0.717) is 23.6 Å². The molecule has 0 fully saturated rings. The van der Waals surface area contributed by atoms with E-state index in [0.717, 1.165) is 5.56 Å². The summed E-state index contributed by atoms with van der Waals surface area (Å²) in [5, 5.41) is 14.5. The van der Waals surface area contributed by atoms with Crippen molar-refractivity contribution in [2.75, 3.05) is 13.7 Å². The Bertz CT molecular complexity index is 595.